The Morgan fingerprint density at radius 2 is 2.07 bits per heavy atom. The maximum absolute atomic E-state index is 12.4. The first-order chi connectivity index (χ1) is 6.48. The fourth-order valence-electron chi connectivity index (χ4n) is 1.91. The lowest BCUT2D eigenvalue weighted by Crippen LogP contribution is -2.30. The van der Waals surface area contributed by atoms with Gasteiger partial charge in [-0.15, -0.1) is 0 Å². The van der Waals surface area contributed by atoms with Crippen LogP contribution in [0.2, 0.25) is 0 Å². The lowest BCUT2D eigenvalue weighted by atomic mass is 9.91. The molecular weight excluding hydrogens is 195 g/mol. The van der Waals surface area contributed by atoms with Crippen molar-refractivity contribution in [2.75, 3.05) is 6.54 Å². The average Bonchev–Trinajstić information content (AvgIpc) is 2.47. The Balaban J connectivity index is 2.30. The molecule has 1 heterocycles. The van der Waals surface area contributed by atoms with Crippen LogP contribution in [-0.4, -0.2) is 23.9 Å². The molecule has 1 aliphatic heterocycles. The standard InChI is InChI=1S/C9H10F3NO/c10-9(11,12)6-4-7-5(1-2-13-7)3-8(6)14/h3-5,7,13-14H,1-2H2. The molecule has 0 aromatic carbocycles. The summed E-state index contributed by atoms with van der Waals surface area (Å²) in [5.41, 5.74) is -0.923. The maximum atomic E-state index is 12.4. The summed E-state index contributed by atoms with van der Waals surface area (Å²) in [4.78, 5) is 0. The van der Waals surface area contributed by atoms with E-state index in [4.69, 9.17) is 0 Å². The van der Waals surface area contributed by atoms with Crippen LogP contribution in [0.5, 0.6) is 0 Å². The molecule has 2 N–H and O–H groups in total. The minimum atomic E-state index is -4.46. The molecule has 0 amide bonds. The van der Waals surface area contributed by atoms with Crippen LogP contribution in [0.1, 0.15) is 6.42 Å². The van der Waals surface area contributed by atoms with Crippen LogP contribution < -0.4 is 5.32 Å². The SMILES string of the molecule is OC1=CC2CCNC2C=C1C(F)(F)F. The number of halogens is 3. The smallest absolute Gasteiger partial charge is 0.419 e. The summed E-state index contributed by atoms with van der Waals surface area (Å²) < 4.78 is 37.1. The van der Waals surface area contributed by atoms with Crippen molar-refractivity contribution in [2.45, 2.75) is 18.6 Å². The Hall–Kier alpha value is -0.970. The molecule has 2 atom stereocenters. The number of fused-ring (bicyclic) bond motifs is 1. The summed E-state index contributed by atoms with van der Waals surface area (Å²) in [5, 5.41) is 12.1. The molecule has 0 aromatic heterocycles. The molecule has 0 radical (unpaired) electrons. The quantitative estimate of drug-likeness (QED) is 0.633. The molecule has 1 fully saturated rings. The zero-order valence-electron chi connectivity index (χ0n) is 7.30. The van der Waals surface area contributed by atoms with Crippen LogP contribution in [0.4, 0.5) is 13.2 Å². The van der Waals surface area contributed by atoms with Gasteiger partial charge < -0.3 is 10.4 Å². The fourth-order valence-corrected chi connectivity index (χ4v) is 1.91. The molecule has 2 rings (SSSR count). The van der Waals surface area contributed by atoms with E-state index < -0.39 is 17.5 Å². The largest absolute Gasteiger partial charge is 0.508 e. The minimum absolute atomic E-state index is 0.00102. The van der Waals surface area contributed by atoms with E-state index in [0.717, 1.165) is 12.5 Å². The predicted octanol–water partition coefficient (Wildman–Crippen LogP) is 1.91. The van der Waals surface area contributed by atoms with Gasteiger partial charge in [0.15, 0.2) is 0 Å². The summed E-state index contributed by atoms with van der Waals surface area (Å²) in [6.07, 6.45) is -1.31. The fraction of sp³-hybridized carbons (Fsp3) is 0.556. The number of nitrogens with one attached hydrogen (secondary N) is 1. The number of alkyl halides is 3. The molecule has 2 nitrogen and oxygen atoms in total. The van der Waals surface area contributed by atoms with Gasteiger partial charge in [-0.05, 0) is 19.0 Å². The van der Waals surface area contributed by atoms with Gasteiger partial charge in [0.2, 0.25) is 0 Å². The van der Waals surface area contributed by atoms with Gasteiger partial charge in [0.25, 0.3) is 0 Å². The van der Waals surface area contributed by atoms with Gasteiger partial charge >= 0.3 is 6.18 Å². The van der Waals surface area contributed by atoms with Crippen molar-refractivity contribution >= 4 is 0 Å². The van der Waals surface area contributed by atoms with E-state index in [0.29, 0.717) is 6.54 Å². The number of hydrogen-bond donors (Lipinski definition) is 2. The Bertz CT molecular complexity index is 306. The highest BCUT2D eigenvalue weighted by Crippen LogP contribution is 2.36. The zero-order valence-corrected chi connectivity index (χ0v) is 7.30. The summed E-state index contributed by atoms with van der Waals surface area (Å²) in [6, 6.07) is -0.275. The lowest BCUT2D eigenvalue weighted by Gasteiger charge is -2.22. The number of aliphatic hydroxyl groups excluding tert-OH is 1. The third-order valence-corrected chi connectivity index (χ3v) is 2.62. The average molecular weight is 205 g/mol. The van der Waals surface area contributed by atoms with Gasteiger partial charge in [0.1, 0.15) is 5.76 Å². The second-order valence-electron chi connectivity index (χ2n) is 3.56. The van der Waals surface area contributed by atoms with E-state index in [9.17, 15) is 18.3 Å². The number of hydrogen-bond acceptors (Lipinski definition) is 2. The van der Waals surface area contributed by atoms with Crippen LogP contribution in [0, 0.1) is 5.92 Å². The topological polar surface area (TPSA) is 32.3 Å². The van der Waals surface area contributed by atoms with E-state index in [1.807, 2.05) is 0 Å². The Kier molecular flexibility index (Phi) is 2.06. The van der Waals surface area contributed by atoms with Crippen molar-refractivity contribution in [3.8, 4) is 0 Å². The second-order valence-corrected chi connectivity index (χ2v) is 3.56. The third-order valence-electron chi connectivity index (χ3n) is 2.62. The highest BCUT2D eigenvalue weighted by Gasteiger charge is 2.41. The summed E-state index contributed by atoms with van der Waals surface area (Å²) in [7, 11) is 0. The van der Waals surface area contributed by atoms with Crippen molar-refractivity contribution in [1.82, 2.24) is 5.32 Å². The molecule has 0 bridgehead atoms. The Morgan fingerprint density at radius 3 is 2.71 bits per heavy atom. The van der Waals surface area contributed by atoms with Crippen molar-refractivity contribution in [1.29, 1.82) is 0 Å². The summed E-state index contributed by atoms with van der Waals surface area (Å²) in [5.74, 6) is -0.636. The van der Waals surface area contributed by atoms with Gasteiger partial charge in [-0.3, -0.25) is 0 Å². The van der Waals surface area contributed by atoms with E-state index in [1.54, 1.807) is 0 Å². The third kappa shape index (κ3) is 1.52. The van der Waals surface area contributed by atoms with E-state index in [1.165, 1.54) is 6.08 Å². The van der Waals surface area contributed by atoms with E-state index in [2.05, 4.69) is 5.32 Å². The van der Waals surface area contributed by atoms with E-state index >= 15 is 0 Å². The minimum Gasteiger partial charge on any atom is -0.508 e. The summed E-state index contributed by atoms with van der Waals surface area (Å²) >= 11 is 0. The molecule has 2 aliphatic rings. The predicted molar refractivity (Wildman–Crippen MR) is 44.7 cm³/mol. The molecular formula is C9H10F3NO. The van der Waals surface area contributed by atoms with Crippen LogP contribution in [-0.2, 0) is 0 Å². The number of allylic oxidation sites excluding steroid dienone is 1. The first-order valence-corrected chi connectivity index (χ1v) is 4.42. The van der Waals surface area contributed by atoms with Crippen LogP contribution in [0.15, 0.2) is 23.5 Å². The van der Waals surface area contributed by atoms with Crippen LogP contribution in [0.3, 0.4) is 0 Å². The van der Waals surface area contributed by atoms with Crippen molar-refractivity contribution in [3.05, 3.63) is 23.5 Å². The van der Waals surface area contributed by atoms with Gasteiger partial charge in [-0.2, -0.15) is 13.2 Å². The molecule has 0 spiro atoms. The van der Waals surface area contributed by atoms with E-state index in [-0.39, 0.29) is 12.0 Å². The van der Waals surface area contributed by atoms with Gasteiger partial charge in [0, 0.05) is 12.0 Å². The van der Waals surface area contributed by atoms with Crippen molar-refractivity contribution in [2.24, 2.45) is 5.92 Å². The maximum Gasteiger partial charge on any atom is 0.419 e. The lowest BCUT2D eigenvalue weighted by molar-refractivity contribution is -0.0932. The molecule has 78 valence electrons. The second kappa shape index (κ2) is 3.02. The van der Waals surface area contributed by atoms with Crippen LogP contribution >= 0.6 is 0 Å². The molecule has 0 saturated carbocycles. The molecule has 1 saturated heterocycles. The molecule has 5 heteroatoms. The van der Waals surface area contributed by atoms with Gasteiger partial charge in [-0.25, -0.2) is 0 Å². The highest BCUT2D eigenvalue weighted by atomic mass is 19.4. The first-order valence-electron chi connectivity index (χ1n) is 4.42. The number of aliphatic hydroxyl groups is 1. The van der Waals surface area contributed by atoms with Crippen LogP contribution in [0.25, 0.3) is 0 Å². The monoisotopic (exact) mass is 205 g/mol. The number of rotatable bonds is 0. The van der Waals surface area contributed by atoms with Crippen molar-refractivity contribution in [3.63, 3.8) is 0 Å². The first kappa shape index (κ1) is 9.58. The molecule has 1 aliphatic carbocycles. The Morgan fingerprint density at radius 1 is 1.36 bits per heavy atom. The van der Waals surface area contributed by atoms with Gasteiger partial charge in [0.05, 0.1) is 5.57 Å². The molecule has 0 aromatic rings. The summed E-state index contributed by atoms with van der Waals surface area (Å²) in [6.45, 7) is 0.695. The highest BCUT2D eigenvalue weighted by molar-refractivity contribution is 5.36. The zero-order chi connectivity index (χ0) is 10.3. The molecule has 2 unspecified atom stereocenters. The molecule has 14 heavy (non-hydrogen) atoms. The van der Waals surface area contributed by atoms with Crippen molar-refractivity contribution < 1.29 is 18.3 Å². The van der Waals surface area contributed by atoms with Gasteiger partial charge in [-0.1, -0.05) is 6.08 Å². The Labute approximate surface area is 79.1 Å². The normalized spacial score (nSPS) is 32.2.